The maximum atomic E-state index is 12.0. The van der Waals surface area contributed by atoms with Gasteiger partial charge in [-0.1, -0.05) is 20.3 Å². The first-order valence-corrected chi connectivity index (χ1v) is 6.21. The van der Waals surface area contributed by atoms with Gasteiger partial charge in [-0.15, -0.1) is 0 Å². The minimum absolute atomic E-state index is 0.0969. The maximum absolute atomic E-state index is 12.0. The number of amides is 1. The number of hydrogen-bond acceptors (Lipinski definition) is 3. The van der Waals surface area contributed by atoms with Gasteiger partial charge in [-0.2, -0.15) is 0 Å². The Hall–Kier alpha value is -0.610. The molecule has 1 heterocycles. The molecule has 0 aromatic carbocycles. The molecular formula is C12H22N2O2. The van der Waals surface area contributed by atoms with Gasteiger partial charge in [0.1, 0.15) is 6.04 Å². The summed E-state index contributed by atoms with van der Waals surface area (Å²) < 4.78 is 5.30. The van der Waals surface area contributed by atoms with E-state index in [2.05, 4.69) is 24.5 Å². The Morgan fingerprint density at radius 2 is 2.31 bits per heavy atom. The number of rotatable bonds is 2. The molecule has 2 atom stereocenters. The van der Waals surface area contributed by atoms with E-state index in [4.69, 9.17) is 4.74 Å². The molecule has 1 amide bonds. The van der Waals surface area contributed by atoms with Gasteiger partial charge in [0.05, 0.1) is 13.2 Å². The van der Waals surface area contributed by atoms with E-state index in [1.165, 1.54) is 12.8 Å². The number of carbonyl (C=O) groups is 1. The quantitative estimate of drug-likeness (QED) is 0.727. The fourth-order valence-electron chi connectivity index (χ4n) is 2.60. The van der Waals surface area contributed by atoms with E-state index >= 15 is 0 Å². The first kappa shape index (κ1) is 11.9. The van der Waals surface area contributed by atoms with Crippen molar-refractivity contribution in [1.29, 1.82) is 0 Å². The van der Waals surface area contributed by atoms with Crippen molar-refractivity contribution in [2.24, 2.45) is 5.41 Å². The summed E-state index contributed by atoms with van der Waals surface area (Å²) in [6.07, 6.45) is 3.52. The van der Waals surface area contributed by atoms with Crippen molar-refractivity contribution in [2.75, 3.05) is 19.8 Å². The summed E-state index contributed by atoms with van der Waals surface area (Å²) in [5.74, 6) is 0.0969. The molecule has 0 spiro atoms. The van der Waals surface area contributed by atoms with Gasteiger partial charge in [0, 0.05) is 12.6 Å². The monoisotopic (exact) mass is 226 g/mol. The average molecular weight is 226 g/mol. The van der Waals surface area contributed by atoms with Crippen molar-refractivity contribution in [3.05, 3.63) is 0 Å². The summed E-state index contributed by atoms with van der Waals surface area (Å²) in [7, 11) is 0. The van der Waals surface area contributed by atoms with Gasteiger partial charge in [0.15, 0.2) is 0 Å². The summed E-state index contributed by atoms with van der Waals surface area (Å²) >= 11 is 0. The van der Waals surface area contributed by atoms with Gasteiger partial charge < -0.3 is 15.4 Å². The van der Waals surface area contributed by atoms with Crippen LogP contribution < -0.4 is 10.6 Å². The van der Waals surface area contributed by atoms with Crippen LogP contribution in [0.15, 0.2) is 0 Å². The van der Waals surface area contributed by atoms with E-state index in [0.717, 1.165) is 13.0 Å². The molecule has 2 fully saturated rings. The Balaban J connectivity index is 1.86. The lowest BCUT2D eigenvalue weighted by Gasteiger charge is -2.30. The Kier molecular flexibility index (Phi) is 3.50. The van der Waals surface area contributed by atoms with E-state index < -0.39 is 0 Å². The van der Waals surface area contributed by atoms with E-state index in [-0.39, 0.29) is 17.4 Å². The normalized spacial score (nSPS) is 33.6. The Bertz CT molecular complexity index is 260. The zero-order valence-electron chi connectivity index (χ0n) is 10.2. The summed E-state index contributed by atoms with van der Waals surface area (Å²) in [4.78, 5) is 12.0. The third-order valence-corrected chi connectivity index (χ3v) is 3.81. The highest BCUT2D eigenvalue weighted by atomic mass is 16.5. The number of nitrogens with one attached hydrogen (secondary N) is 2. The second-order valence-electron chi connectivity index (χ2n) is 5.52. The summed E-state index contributed by atoms with van der Waals surface area (Å²) in [6.45, 7) is 6.44. The third kappa shape index (κ3) is 2.55. The Morgan fingerprint density at radius 3 is 2.88 bits per heavy atom. The molecule has 16 heavy (non-hydrogen) atoms. The van der Waals surface area contributed by atoms with Crippen LogP contribution in [0.2, 0.25) is 0 Å². The second kappa shape index (κ2) is 4.72. The third-order valence-electron chi connectivity index (χ3n) is 3.81. The van der Waals surface area contributed by atoms with Crippen LogP contribution >= 0.6 is 0 Å². The van der Waals surface area contributed by atoms with Crippen LogP contribution in [0.5, 0.6) is 0 Å². The van der Waals surface area contributed by atoms with Gasteiger partial charge in [-0.25, -0.2) is 0 Å². The minimum atomic E-state index is -0.162. The van der Waals surface area contributed by atoms with E-state index in [9.17, 15) is 4.79 Å². The summed E-state index contributed by atoms with van der Waals surface area (Å²) in [5.41, 5.74) is 0.241. The fraction of sp³-hybridized carbons (Fsp3) is 0.917. The zero-order valence-corrected chi connectivity index (χ0v) is 10.2. The zero-order chi connectivity index (χ0) is 11.6. The standard InChI is InChI=1S/C12H22N2O2/c1-12(2)5-3-4-10(12)14-11(15)9-8-16-7-6-13-9/h9-10,13H,3-8H2,1-2H3,(H,14,15). The predicted molar refractivity (Wildman–Crippen MR) is 62.2 cm³/mol. The van der Waals surface area contributed by atoms with Gasteiger partial charge >= 0.3 is 0 Å². The van der Waals surface area contributed by atoms with Crippen LogP contribution in [0.3, 0.4) is 0 Å². The predicted octanol–water partition coefficient (Wildman–Crippen LogP) is 0.670. The van der Waals surface area contributed by atoms with Gasteiger partial charge in [-0.3, -0.25) is 4.79 Å². The number of morpholine rings is 1. The summed E-state index contributed by atoms with van der Waals surface area (Å²) in [6, 6.07) is 0.161. The van der Waals surface area contributed by atoms with Crippen molar-refractivity contribution < 1.29 is 9.53 Å². The molecule has 0 radical (unpaired) electrons. The first-order valence-electron chi connectivity index (χ1n) is 6.21. The molecule has 2 rings (SSSR count). The Morgan fingerprint density at radius 1 is 1.50 bits per heavy atom. The summed E-state index contributed by atoms with van der Waals surface area (Å²) in [5, 5.41) is 6.34. The largest absolute Gasteiger partial charge is 0.378 e. The average Bonchev–Trinajstić information content (AvgIpc) is 2.59. The molecule has 1 saturated carbocycles. The number of carbonyl (C=O) groups excluding carboxylic acids is 1. The van der Waals surface area contributed by atoms with E-state index in [1.807, 2.05) is 0 Å². The topological polar surface area (TPSA) is 50.4 Å². The molecule has 2 unspecified atom stereocenters. The molecule has 1 aliphatic carbocycles. The molecule has 4 heteroatoms. The van der Waals surface area contributed by atoms with Crippen LogP contribution in [-0.2, 0) is 9.53 Å². The van der Waals surface area contributed by atoms with Crippen molar-refractivity contribution in [3.63, 3.8) is 0 Å². The van der Waals surface area contributed by atoms with Crippen LogP contribution in [0.1, 0.15) is 33.1 Å². The van der Waals surface area contributed by atoms with Gasteiger partial charge in [0.25, 0.3) is 0 Å². The lowest BCUT2D eigenvalue weighted by atomic mass is 9.87. The van der Waals surface area contributed by atoms with Crippen molar-refractivity contribution in [1.82, 2.24) is 10.6 Å². The lowest BCUT2D eigenvalue weighted by Crippen LogP contribution is -2.54. The molecule has 0 aromatic heterocycles. The Labute approximate surface area is 97.1 Å². The number of hydrogen-bond donors (Lipinski definition) is 2. The molecule has 4 nitrogen and oxygen atoms in total. The van der Waals surface area contributed by atoms with Crippen LogP contribution in [0.4, 0.5) is 0 Å². The molecule has 1 aliphatic heterocycles. The smallest absolute Gasteiger partial charge is 0.239 e. The minimum Gasteiger partial charge on any atom is -0.378 e. The highest BCUT2D eigenvalue weighted by Crippen LogP contribution is 2.37. The highest BCUT2D eigenvalue weighted by Gasteiger charge is 2.36. The second-order valence-corrected chi connectivity index (χ2v) is 5.52. The number of ether oxygens (including phenoxy) is 1. The molecular weight excluding hydrogens is 204 g/mol. The lowest BCUT2D eigenvalue weighted by molar-refractivity contribution is -0.127. The van der Waals surface area contributed by atoms with Crippen LogP contribution in [-0.4, -0.2) is 37.7 Å². The van der Waals surface area contributed by atoms with Gasteiger partial charge in [-0.05, 0) is 18.3 Å². The molecule has 1 saturated heterocycles. The molecule has 0 aromatic rings. The van der Waals surface area contributed by atoms with E-state index in [1.54, 1.807) is 0 Å². The molecule has 0 bridgehead atoms. The fourth-order valence-corrected chi connectivity index (χ4v) is 2.60. The molecule has 2 aliphatic rings. The molecule has 92 valence electrons. The van der Waals surface area contributed by atoms with Crippen LogP contribution in [0.25, 0.3) is 0 Å². The highest BCUT2D eigenvalue weighted by molar-refractivity contribution is 5.82. The molecule has 2 N–H and O–H groups in total. The van der Waals surface area contributed by atoms with Crippen molar-refractivity contribution in [3.8, 4) is 0 Å². The van der Waals surface area contributed by atoms with E-state index in [0.29, 0.717) is 19.3 Å². The van der Waals surface area contributed by atoms with Crippen LogP contribution in [0, 0.1) is 5.41 Å². The maximum Gasteiger partial charge on any atom is 0.239 e. The van der Waals surface area contributed by atoms with Crippen molar-refractivity contribution in [2.45, 2.75) is 45.2 Å². The van der Waals surface area contributed by atoms with Gasteiger partial charge in [0.2, 0.25) is 5.91 Å². The first-order chi connectivity index (χ1) is 7.59. The van der Waals surface area contributed by atoms with Crippen molar-refractivity contribution >= 4 is 5.91 Å². The SMILES string of the molecule is CC1(C)CCCC1NC(=O)C1COCCN1.